The zero-order valence-corrected chi connectivity index (χ0v) is 12.7. The highest BCUT2D eigenvalue weighted by atomic mass is 16.7. The number of carbonyl (C=O) groups is 1. The van der Waals surface area contributed by atoms with Gasteiger partial charge in [0, 0.05) is 40.4 Å². The summed E-state index contributed by atoms with van der Waals surface area (Å²) < 4.78 is 10.0. The first kappa shape index (κ1) is 16.5. The number of aryl methyl sites for hydroxylation is 1. The van der Waals surface area contributed by atoms with E-state index in [2.05, 4.69) is 29.6 Å². The zero-order valence-electron chi connectivity index (χ0n) is 12.7. The van der Waals surface area contributed by atoms with Gasteiger partial charge in [-0.05, 0) is 24.1 Å². The molecule has 0 fully saturated rings. The summed E-state index contributed by atoms with van der Waals surface area (Å²) in [7, 11) is 7.11. The van der Waals surface area contributed by atoms with Crippen LogP contribution in [0.2, 0.25) is 0 Å². The van der Waals surface area contributed by atoms with E-state index in [1.54, 1.807) is 14.2 Å². The van der Waals surface area contributed by atoms with Crippen molar-refractivity contribution in [1.82, 2.24) is 5.32 Å². The molecular weight excluding hydrogens is 256 g/mol. The summed E-state index contributed by atoms with van der Waals surface area (Å²) in [6, 6.07) is 8.21. The maximum absolute atomic E-state index is 11.7. The Morgan fingerprint density at radius 3 is 2.30 bits per heavy atom. The Morgan fingerprint density at radius 2 is 1.80 bits per heavy atom. The normalized spacial score (nSPS) is 10.7. The number of carbonyl (C=O) groups excluding carboxylic acids is 1. The Labute approximate surface area is 120 Å². The number of benzene rings is 1. The predicted molar refractivity (Wildman–Crippen MR) is 79.9 cm³/mol. The SMILES string of the molecule is COC(CNC(=O)CCc1ccc(N(C)C)cc1)OC. The smallest absolute Gasteiger partial charge is 0.220 e. The summed E-state index contributed by atoms with van der Waals surface area (Å²) in [5.41, 5.74) is 2.31. The minimum absolute atomic E-state index is 0.000728. The Balaban J connectivity index is 2.33. The number of hydrogen-bond donors (Lipinski definition) is 1. The van der Waals surface area contributed by atoms with E-state index in [0.29, 0.717) is 13.0 Å². The van der Waals surface area contributed by atoms with Gasteiger partial charge in [-0.15, -0.1) is 0 Å². The molecule has 20 heavy (non-hydrogen) atoms. The lowest BCUT2D eigenvalue weighted by Gasteiger charge is -2.14. The monoisotopic (exact) mass is 280 g/mol. The van der Waals surface area contributed by atoms with Gasteiger partial charge in [-0.1, -0.05) is 12.1 Å². The van der Waals surface area contributed by atoms with Gasteiger partial charge < -0.3 is 19.7 Å². The molecule has 0 unspecified atom stereocenters. The van der Waals surface area contributed by atoms with E-state index in [9.17, 15) is 4.79 Å². The molecule has 0 aliphatic heterocycles. The molecule has 112 valence electrons. The highest BCUT2D eigenvalue weighted by molar-refractivity contribution is 5.76. The molecule has 1 amide bonds. The molecular formula is C15H24N2O3. The van der Waals surface area contributed by atoms with E-state index in [0.717, 1.165) is 17.7 Å². The molecule has 5 heteroatoms. The van der Waals surface area contributed by atoms with Gasteiger partial charge in [-0.2, -0.15) is 0 Å². The van der Waals surface area contributed by atoms with Crippen LogP contribution in [0.1, 0.15) is 12.0 Å². The molecule has 0 atom stereocenters. The average molecular weight is 280 g/mol. The number of methoxy groups -OCH3 is 2. The van der Waals surface area contributed by atoms with E-state index >= 15 is 0 Å². The Kier molecular flexibility index (Phi) is 7.04. The second kappa shape index (κ2) is 8.55. The van der Waals surface area contributed by atoms with Gasteiger partial charge in [-0.25, -0.2) is 0 Å². The highest BCUT2D eigenvalue weighted by Crippen LogP contribution is 2.13. The van der Waals surface area contributed by atoms with Gasteiger partial charge in [0.2, 0.25) is 5.91 Å². The van der Waals surface area contributed by atoms with Crippen molar-refractivity contribution < 1.29 is 14.3 Å². The molecule has 0 bridgehead atoms. The lowest BCUT2D eigenvalue weighted by molar-refractivity contribution is -0.127. The number of nitrogens with one attached hydrogen (secondary N) is 1. The zero-order chi connectivity index (χ0) is 15.0. The fourth-order valence-electron chi connectivity index (χ4n) is 1.77. The summed E-state index contributed by atoms with van der Waals surface area (Å²) in [6.45, 7) is 0.366. The summed E-state index contributed by atoms with van der Waals surface area (Å²) >= 11 is 0. The third-order valence-electron chi connectivity index (χ3n) is 3.09. The molecule has 0 aromatic heterocycles. The Hall–Kier alpha value is -1.59. The van der Waals surface area contributed by atoms with Gasteiger partial charge in [0.25, 0.3) is 0 Å². The minimum atomic E-state index is -0.390. The third-order valence-corrected chi connectivity index (χ3v) is 3.09. The number of hydrogen-bond acceptors (Lipinski definition) is 4. The van der Waals surface area contributed by atoms with Crippen LogP contribution in [0.4, 0.5) is 5.69 Å². The van der Waals surface area contributed by atoms with Crippen LogP contribution < -0.4 is 10.2 Å². The number of ether oxygens (including phenoxy) is 2. The first-order valence-corrected chi connectivity index (χ1v) is 6.65. The van der Waals surface area contributed by atoms with Crippen molar-refractivity contribution in [3.8, 4) is 0 Å². The van der Waals surface area contributed by atoms with E-state index < -0.39 is 6.29 Å². The van der Waals surface area contributed by atoms with Crippen molar-refractivity contribution in [1.29, 1.82) is 0 Å². The molecule has 0 saturated carbocycles. The van der Waals surface area contributed by atoms with Crippen LogP contribution in [0.5, 0.6) is 0 Å². The van der Waals surface area contributed by atoms with Crippen molar-refractivity contribution >= 4 is 11.6 Å². The molecule has 1 N–H and O–H groups in total. The van der Waals surface area contributed by atoms with Crippen LogP contribution in [-0.2, 0) is 20.7 Å². The Morgan fingerprint density at radius 1 is 1.20 bits per heavy atom. The largest absolute Gasteiger partial charge is 0.378 e. The minimum Gasteiger partial charge on any atom is -0.378 e. The summed E-state index contributed by atoms with van der Waals surface area (Å²) in [5, 5.41) is 2.79. The molecule has 0 radical (unpaired) electrons. The van der Waals surface area contributed by atoms with Gasteiger partial charge in [0.15, 0.2) is 6.29 Å². The topological polar surface area (TPSA) is 50.8 Å². The number of anilines is 1. The van der Waals surface area contributed by atoms with E-state index in [1.807, 2.05) is 19.0 Å². The van der Waals surface area contributed by atoms with Gasteiger partial charge in [0.05, 0.1) is 6.54 Å². The van der Waals surface area contributed by atoms with Gasteiger partial charge in [0.1, 0.15) is 0 Å². The predicted octanol–water partition coefficient (Wildman–Crippen LogP) is 1.42. The first-order chi connectivity index (χ1) is 9.56. The van der Waals surface area contributed by atoms with Gasteiger partial charge in [-0.3, -0.25) is 4.79 Å². The van der Waals surface area contributed by atoms with E-state index in [1.165, 1.54) is 0 Å². The van der Waals surface area contributed by atoms with Crippen molar-refractivity contribution in [2.24, 2.45) is 0 Å². The van der Waals surface area contributed by atoms with Crippen LogP contribution in [-0.4, -0.2) is 47.1 Å². The quantitative estimate of drug-likeness (QED) is 0.732. The van der Waals surface area contributed by atoms with Crippen LogP contribution in [0.15, 0.2) is 24.3 Å². The second-order valence-electron chi connectivity index (χ2n) is 4.77. The second-order valence-corrected chi connectivity index (χ2v) is 4.77. The standard InChI is InChI=1S/C15H24N2O3/c1-17(2)13-8-5-12(6-9-13)7-10-14(18)16-11-15(19-3)20-4/h5-6,8-9,15H,7,10-11H2,1-4H3,(H,16,18). The summed E-state index contributed by atoms with van der Waals surface area (Å²) in [5.74, 6) is 0.000728. The van der Waals surface area contributed by atoms with Crippen LogP contribution in [0, 0.1) is 0 Å². The van der Waals surface area contributed by atoms with Crippen LogP contribution >= 0.6 is 0 Å². The van der Waals surface area contributed by atoms with Crippen molar-refractivity contribution in [2.45, 2.75) is 19.1 Å². The lowest BCUT2D eigenvalue weighted by atomic mass is 10.1. The molecule has 5 nitrogen and oxygen atoms in total. The molecule has 0 spiro atoms. The highest BCUT2D eigenvalue weighted by Gasteiger charge is 2.08. The van der Waals surface area contributed by atoms with E-state index in [4.69, 9.17) is 9.47 Å². The molecule has 0 saturated heterocycles. The Bertz CT molecular complexity index is 400. The first-order valence-electron chi connectivity index (χ1n) is 6.65. The summed E-state index contributed by atoms with van der Waals surface area (Å²) in [4.78, 5) is 13.7. The summed E-state index contributed by atoms with van der Waals surface area (Å²) in [6.07, 6.45) is 0.796. The maximum Gasteiger partial charge on any atom is 0.220 e. The van der Waals surface area contributed by atoms with Crippen molar-refractivity contribution in [3.05, 3.63) is 29.8 Å². The molecule has 0 aliphatic rings. The fourth-order valence-corrected chi connectivity index (χ4v) is 1.77. The number of rotatable bonds is 8. The van der Waals surface area contributed by atoms with Crippen LogP contribution in [0.3, 0.4) is 0 Å². The lowest BCUT2D eigenvalue weighted by Crippen LogP contribution is -2.34. The molecule has 1 aromatic rings. The van der Waals surface area contributed by atoms with Crippen molar-refractivity contribution in [3.63, 3.8) is 0 Å². The van der Waals surface area contributed by atoms with Crippen LogP contribution in [0.25, 0.3) is 0 Å². The molecule has 1 aromatic carbocycles. The average Bonchev–Trinajstić information content (AvgIpc) is 2.46. The van der Waals surface area contributed by atoms with Crippen molar-refractivity contribution in [2.75, 3.05) is 39.8 Å². The molecule has 0 aliphatic carbocycles. The number of nitrogens with zero attached hydrogens (tertiary/aromatic N) is 1. The molecule has 0 heterocycles. The maximum atomic E-state index is 11.7. The number of amides is 1. The third kappa shape index (κ3) is 5.59. The fraction of sp³-hybridized carbons (Fsp3) is 0.533. The molecule has 1 rings (SSSR count). The van der Waals surface area contributed by atoms with E-state index in [-0.39, 0.29) is 5.91 Å². The van der Waals surface area contributed by atoms with Gasteiger partial charge >= 0.3 is 0 Å².